The van der Waals surface area contributed by atoms with E-state index in [1.165, 1.54) is 0 Å². The molecule has 1 heterocycles. The van der Waals surface area contributed by atoms with Crippen LogP contribution in [0.15, 0.2) is 30.6 Å². The molecule has 4 heteroatoms. The average Bonchev–Trinajstić information content (AvgIpc) is 2.83. The van der Waals surface area contributed by atoms with Gasteiger partial charge in [-0.05, 0) is 37.6 Å². The maximum atomic E-state index is 13.7. The van der Waals surface area contributed by atoms with Gasteiger partial charge in [0, 0.05) is 18.9 Å². The minimum atomic E-state index is -0.175. The predicted molar refractivity (Wildman–Crippen MR) is 74.6 cm³/mol. The molecule has 0 bridgehead atoms. The molecule has 0 amide bonds. The van der Waals surface area contributed by atoms with E-state index in [-0.39, 0.29) is 11.9 Å². The summed E-state index contributed by atoms with van der Waals surface area (Å²) < 4.78 is 15.8. The average molecular weight is 261 g/mol. The highest BCUT2D eigenvalue weighted by atomic mass is 19.1. The molecule has 0 aliphatic carbocycles. The van der Waals surface area contributed by atoms with Crippen molar-refractivity contribution in [3.63, 3.8) is 0 Å². The number of rotatable bonds is 5. The molecule has 1 N–H and O–H groups in total. The summed E-state index contributed by atoms with van der Waals surface area (Å²) in [4.78, 5) is 4.41. The van der Waals surface area contributed by atoms with Crippen LogP contribution in [0.1, 0.15) is 36.3 Å². The van der Waals surface area contributed by atoms with Crippen molar-refractivity contribution in [1.29, 1.82) is 0 Å². The molecule has 19 heavy (non-hydrogen) atoms. The molecule has 1 aromatic carbocycles. The Labute approximate surface area is 113 Å². The summed E-state index contributed by atoms with van der Waals surface area (Å²) in [5.74, 6) is 0.749. The van der Waals surface area contributed by atoms with Gasteiger partial charge in [0.1, 0.15) is 11.6 Å². The zero-order valence-electron chi connectivity index (χ0n) is 11.7. The summed E-state index contributed by atoms with van der Waals surface area (Å²) in [5.41, 5.74) is 1.56. The minimum Gasteiger partial charge on any atom is -0.333 e. The smallest absolute Gasteiger partial charge is 0.130 e. The fraction of sp³-hybridized carbons (Fsp3) is 0.400. The number of hydrogen-bond donors (Lipinski definition) is 1. The van der Waals surface area contributed by atoms with Gasteiger partial charge >= 0.3 is 0 Å². The van der Waals surface area contributed by atoms with Crippen LogP contribution in [-0.2, 0) is 6.54 Å². The Bertz CT molecular complexity index is 548. The molecule has 2 rings (SSSR count). The summed E-state index contributed by atoms with van der Waals surface area (Å²) in [6.45, 7) is 4.82. The van der Waals surface area contributed by atoms with Gasteiger partial charge in [-0.1, -0.05) is 19.1 Å². The van der Waals surface area contributed by atoms with Crippen molar-refractivity contribution >= 4 is 0 Å². The molecule has 0 spiro atoms. The molecular weight excluding hydrogens is 241 g/mol. The monoisotopic (exact) mass is 261 g/mol. The Morgan fingerprint density at radius 3 is 2.84 bits per heavy atom. The molecule has 0 saturated carbocycles. The number of hydrogen-bond acceptors (Lipinski definition) is 2. The number of aryl methyl sites for hydroxylation is 2. The van der Waals surface area contributed by atoms with Gasteiger partial charge in [-0.15, -0.1) is 0 Å². The summed E-state index contributed by atoms with van der Waals surface area (Å²) in [6.07, 6.45) is 4.80. The predicted octanol–water partition coefficient (Wildman–Crippen LogP) is 3.05. The lowest BCUT2D eigenvalue weighted by Crippen LogP contribution is -2.22. The van der Waals surface area contributed by atoms with Crippen LogP contribution in [0.3, 0.4) is 0 Å². The molecule has 1 aromatic heterocycles. The van der Waals surface area contributed by atoms with Crippen molar-refractivity contribution in [2.45, 2.75) is 32.9 Å². The lowest BCUT2D eigenvalue weighted by atomic mass is 10.0. The molecule has 0 saturated heterocycles. The van der Waals surface area contributed by atoms with Crippen LogP contribution in [0.5, 0.6) is 0 Å². The highest BCUT2D eigenvalue weighted by Gasteiger charge is 2.18. The Morgan fingerprint density at radius 1 is 1.42 bits per heavy atom. The van der Waals surface area contributed by atoms with Gasteiger partial charge in [0.25, 0.3) is 0 Å². The minimum absolute atomic E-state index is 0.0864. The van der Waals surface area contributed by atoms with Gasteiger partial charge in [-0.25, -0.2) is 9.37 Å². The lowest BCUT2D eigenvalue weighted by Gasteiger charge is -2.18. The lowest BCUT2D eigenvalue weighted by molar-refractivity contribution is 0.561. The standard InChI is InChI=1S/C15H20FN3/c1-4-8-19-9-7-18-15(19)14(17-3)12-6-5-11(2)13(16)10-12/h5-7,9-10,14,17H,4,8H2,1-3H3. The number of aromatic nitrogens is 2. The normalized spacial score (nSPS) is 12.6. The second kappa shape index (κ2) is 5.97. The van der Waals surface area contributed by atoms with Crippen molar-refractivity contribution in [2.24, 2.45) is 0 Å². The van der Waals surface area contributed by atoms with E-state index in [1.54, 1.807) is 19.2 Å². The fourth-order valence-electron chi connectivity index (χ4n) is 2.24. The molecule has 0 aliphatic heterocycles. The first kappa shape index (κ1) is 13.7. The highest BCUT2D eigenvalue weighted by molar-refractivity contribution is 5.29. The Morgan fingerprint density at radius 2 is 2.21 bits per heavy atom. The molecule has 0 fully saturated rings. The number of halogens is 1. The van der Waals surface area contributed by atoms with Crippen LogP contribution in [-0.4, -0.2) is 16.6 Å². The zero-order chi connectivity index (χ0) is 13.8. The van der Waals surface area contributed by atoms with Crippen LogP contribution < -0.4 is 5.32 Å². The summed E-state index contributed by atoms with van der Waals surface area (Å²) in [6, 6.07) is 5.25. The van der Waals surface area contributed by atoms with E-state index >= 15 is 0 Å². The number of nitrogens with one attached hydrogen (secondary N) is 1. The highest BCUT2D eigenvalue weighted by Crippen LogP contribution is 2.22. The molecule has 2 aromatic rings. The summed E-state index contributed by atoms with van der Waals surface area (Å²) in [7, 11) is 1.87. The quantitative estimate of drug-likeness (QED) is 0.896. The Kier molecular flexibility index (Phi) is 4.32. The first-order valence-electron chi connectivity index (χ1n) is 6.61. The van der Waals surface area contributed by atoms with Crippen molar-refractivity contribution < 1.29 is 4.39 Å². The van der Waals surface area contributed by atoms with Crippen molar-refractivity contribution in [3.8, 4) is 0 Å². The van der Waals surface area contributed by atoms with Gasteiger partial charge < -0.3 is 9.88 Å². The number of benzene rings is 1. The van der Waals surface area contributed by atoms with Gasteiger partial charge in [0.05, 0.1) is 6.04 Å². The molecule has 0 aliphatic rings. The van der Waals surface area contributed by atoms with Gasteiger partial charge in [0.2, 0.25) is 0 Å². The van der Waals surface area contributed by atoms with Crippen LogP contribution in [0.4, 0.5) is 4.39 Å². The number of imidazole rings is 1. The second-order valence-corrected chi connectivity index (χ2v) is 4.71. The van der Waals surface area contributed by atoms with E-state index in [2.05, 4.69) is 21.8 Å². The third-order valence-corrected chi connectivity index (χ3v) is 3.29. The van der Waals surface area contributed by atoms with Crippen molar-refractivity contribution in [2.75, 3.05) is 7.05 Å². The zero-order valence-corrected chi connectivity index (χ0v) is 11.7. The maximum absolute atomic E-state index is 13.7. The van der Waals surface area contributed by atoms with E-state index in [0.717, 1.165) is 24.4 Å². The number of nitrogens with zero attached hydrogens (tertiary/aromatic N) is 2. The first-order chi connectivity index (χ1) is 9.17. The second-order valence-electron chi connectivity index (χ2n) is 4.71. The van der Waals surface area contributed by atoms with Crippen LogP contribution in [0, 0.1) is 12.7 Å². The van der Waals surface area contributed by atoms with E-state index < -0.39 is 0 Å². The van der Waals surface area contributed by atoms with E-state index in [1.807, 2.05) is 25.4 Å². The molecule has 3 nitrogen and oxygen atoms in total. The van der Waals surface area contributed by atoms with E-state index in [9.17, 15) is 4.39 Å². The van der Waals surface area contributed by atoms with E-state index in [4.69, 9.17) is 0 Å². The fourth-order valence-corrected chi connectivity index (χ4v) is 2.24. The first-order valence-corrected chi connectivity index (χ1v) is 6.61. The van der Waals surface area contributed by atoms with E-state index in [0.29, 0.717) is 5.56 Å². The Hall–Kier alpha value is -1.68. The molecule has 1 unspecified atom stereocenters. The topological polar surface area (TPSA) is 29.9 Å². The third-order valence-electron chi connectivity index (χ3n) is 3.29. The van der Waals surface area contributed by atoms with Gasteiger partial charge in [-0.2, -0.15) is 0 Å². The van der Waals surface area contributed by atoms with Crippen molar-refractivity contribution in [3.05, 3.63) is 53.4 Å². The molecule has 0 radical (unpaired) electrons. The summed E-state index contributed by atoms with van der Waals surface area (Å²) >= 11 is 0. The van der Waals surface area contributed by atoms with Crippen LogP contribution in [0.2, 0.25) is 0 Å². The summed E-state index contributed by atoms with van der Waals surface area (Å²) in [5, 5.41) is 3.22. The van der Waals surface area contributed by atoms with Gasteiger partial charge in [-0.3, -0.25) is 0 Å². The third kappa shape index (κ3) is 2.84. The molecule has 102 valence electrons. The maximum Gasteiger partial charge on any atom is 0.130 e. The Balaban J connectivity index is 2.38. The van der Waals surface area contributed by atoms with Crippen molar-refractivity contribution in [1.82, 2.24) is 14.9 Å². The van der Waals surface area contributed by atoms with Crippen LogP contribution in [0.25, 0.3) is 0 Å². The van der Waals surface area contributed by atoms with Gasteiger partial charge in [0.15, 0.2) is 0 Å². The SMILES string of the molecule is CCCn1ccnc1C(NC)c1ccc(C)c(F)c1. The molecule has 1 atom stereocenters. The van der Waals surface area contributed by atoms with Crippen LogP contribution >= 0.6 is 0 Å². The largest absolute Gasteiger partial charge is 0.333 e. The molecular formula is C15H20FN3.